The Hall–Kier alpha value is -1.16. The predicted molar refractivity (Wildman–Crippen MR) is 56.3 cm³/mol. The first kappa shape index (κ1) is 9.40. The number of hydrogen-bond donors (Lipinski definition) is 1. The second kappa shape index (κ2) is 3.53. The summed E-state index contributed by atoms with van der Waals surface area (Å²) in [6.45, 7) is 6.79. The van der Waals surface area contributed by atoms with E-state index in [0.29, 0.717) is 5.92 Å². The second-order valence-electron chi connectivity index (χ2n) is 3.93. The zero-order chi connectivity index (χ0) is 10.1. The summed E-state index contributed by atoms with van der Waals surface area (Å²) in [4.78, 5) is 11.0. The van der Waals surface area contributed by atoms with E-state index >= 15 is 0 Å². The Morgan fingerprint density at radius 3 is 2.86 bits per heavy atom. The maximum absolute atomic E-state index is 5.58. The molecule has 0 spiro atoms. The van der Waals surface area contributed by atoms with Gasteiger partial charge in [-0.05, 0) is 20.4 Å². The van der Waals surface area contributed by atoms with Gasteiger partial charge in [0.1, 0.15) is 5.82 Å². The van der Waals surface area contributed by atoms with Crippen LogP contribution in [0.25, 0.3) is 0 Å². The standard InChI is InChI=1S/C10H16N4/c1-7-4-12-8(2)10(13-7)14-5-9(3-11)6-14/h4,9H,3,5-6,11H2,1-2H3. The van der Waals surface area contributed by atoms with Gasteiger partial charge in [0.2, 0.25) is 0 Å². The van der Waals surface area contributed by atoms with Crippen LogP contribution in [0.4, 0.5) is 5.82 Å². The van der Waals surface area contributed by atoms with Crippen LogP contribution >= 0.6 is 0 Å². The van der Waals surface area contributed by atoms with E-state index in [-0.39, 0.29) is 0 Å². The van der Waals surface area contributed by atoms with Crippen molar-refractivity contribution in [3.8, 4) is 0 Å². The molecule has 14 heavy (non-hydrogen) atoms. The third-order valence-corrected chi connectivity index (χ3v) is 2.64. The van der Waals surface area contributed by atoms with E-state index in [0.717, 1.165) is 36.8 Å². The molecular formula is C10H16N4. The molecule has 2 N–H and O–H groups in total. The van der Waals surface area contributed by atoms with Gasteiger partial charge in [-0.25, -0.2) is 4.98 Å². The minimum absolute atomic E-state index is 0.636. The molecule has 0 saturated carbocycles. The van der Waals surface area contributed by atoms with Gasteiger partial charge in [0, 0.05) is 25.2 Å². The number of hydrogen-bond acceptors (Lipinski definition) is 4. The average Bonchev–Trinajstić information content (AvgIpc) is 2.09. The molecule has 0 aliphatic carbocycles. The zero-order valence-electron chi connectivity index (χ0n) is 8.70. The molecule has 1 fully saturated rings. The molecule has 0 amide bonds. The van der Waals surface area contributed by atoms with Crippen LogP contribution in [0, 0.1) is 19.8 Å². The molecule has 0 unspecified atom stereocenters. The molecule has 4 nitrogen and oxygen atoms in total. The quantitative estimate of drug-likeness (QED) is 0.741. The molecule has 76 valence electrons. The van der Waals surface area contributed by atoms with E-state index in [1.807, 2.05) is 13.8 Å². The summed E-state index contributed by atoms with van der Waals surface area (Å²) in [7, 11) is 0. The summed E-state index contributed by atoms with van der Waals surface area (Å²) in [5.41, 5.74) is 7.56. The van der Waals surface area contributed by atoms with Crippen molar-refractivity contribution in [1.82, 2.24) is 9.97 Å². The zero-order valence-corrected chi connectivity index (χ0v) is 8.70. The molecule has 1 aromatic rings. The molecule has 0 radical (unpaired) electrons. The Labute approximate surface area is 84.2 Å². The lowest BCUT2D eigenvalue weighted by molar-refractivity contribution is 0.415. The third-order valence-electron chi connectivity index (χ3n) is 2.64. The van der Waals surface area contributed by atoms with Crippen LogP contribution in [0.2, 0.25) is 0 Å². The van der Waals surface area contributed by atoms with Gasteiger partial charge in [0.05, 0.1) is 11.4 Å². The number of aromatic nitrogens is 2. The minimum Gasteiger partial charge on any atom is -0.354 e. The van der Waals surface area contributed by atoms with Crippen molar-refractivity contribution in [1.29, 1.82) is 0 Å². The molecule has 1 aliphatic heterocycles. The lowest BCUT2D eigenvalue weighted by Gasteiger charge is -2.40. The van der Waals surface area contributed by atoms with E-state index < -0.39 is 0 Å². The highest BCUT2D eigenvalue weighted by Crippen LogP contribution is 2.23. The molecule has 0 atom stereocenters. The third kappa shape index (κ3) is 1.57. The highest BCUT2D eigenvalue weighted by Gasteiger charge is 2.27. The largest absolute Gasteiger partial charge is 0.354 e. The van der Waals surface area contributed by atoms with Crippen molar-refractivity contribution < 1.29 is 0 Å². The highest BCUT2D eigenvalue weighted by atomic mass is 15.3. The number of nitrogens with two attached hydrogens (primary N) is 1. The summed E-state index contributed by atoms with van der Waals surface area (Å²) >= 11 is 0. The first-order valence-electron chi connectivity index (χ1n) is 4.96. The SMILES string of the molecule is Cc1cnc(C)c(N2CC(CN)C2)n1. The smallest absolute Gasteiger partial charge is 0.150 e. The summed E-state index contributed by atoms with van der Waals surface area (Å²) in [5, 5.41) is 0. The molecule has 1 saturated heterocycles. The van der Waals surface area contributed by atoms with Gasteiger partial charge < -0.3 is 10.6 Å². The second-order valence-corrected chi connectivity index (χ2v) is 3.93. The van der Waals surface area contributed by atoms with E-state index in [2.05, 4.69) is 14.9 Å². The molecule has 2 rings (SSSR count). The fourth-order valence-electron chi connectivity index (χ4n) is 1.72. The fraction of sp³-hybridized carbons (Fsp3) is 0.600. The number of anilines is 1. The van der Waals surface area contributed by atoms with Crippen molar-refractivity contribution in [3.63, 3.8) is 0 Å². The van der Waals surface area contributed by atoms with Crippen molar-refractivity contribution in [2.45, 2.75) is 13.8 Å². The number of nitrogens with zero attached hydrogens (tertiary/aromatic N) is 3. The van der Waals surface area contributed by atoms with Gasteiger partial charge in [0.15, 0.2) is 0 Å². The number of rotatable bonds is 2. The lowest BCUT2D eigenvalue weighted by atomic mass is 10.0. The Morgan fingerprint density at radius 1 is 1.50 bits per heavy atom. The van der Waals surface area contributed by atoms with Crippen LogP contribution in [0.15, 0.2) is 6.20 Å². The van der Waals surface area contributed by atoms with Crippen molar-refractivity contribution in [3.05, 3.63) is 17.6 Å². The van der Waals surface area contributed by atoms with E-state index in [1.54, 1.807) is 6.20 Å². The Balaban J connectivity index is 2.13. The van der Waals surface area contributed by atoms with Crippen molar-refractivity contribution in [2.24, 2.45) is 11.7 Å². The predicted octanol–water partition coefficient (Wildman–Crippen LogP) is 0.488. The average molecular weight is 192 g/mol. The van der Waals surface area contributed by atoms with Gasteiger partial charge in [-0.15, -0.1) is 0 Å². The summed E-state index contributed by atoms with van der Waals surface area (Å²) in [6, 6.07) is 0. The van der Waals surface area contributed by atoms with Crippen molar-refractivity contribution in [2.75, 3.05) is 24.5 Å². The highest BCUT2D eigenvalue weighted by molar-refractivity contribution is 5.45. The molecule has 0 aromatic carbocycles. The summed E-state index contributed by atoms with van der Waals surface area (Å²) in [5.74, 6) is 1.66. The van der Waals surface area contributed by atoms with Gasteiger partial charge in [-0.1, -0.05) is 0 Å². The van der Waals surface area contributed by atoms with Crippen LogP contribution in [0.5, 0.6) is 0 Å². The Morgan fingerprint density at radius 2 is 2.21 bits per heavy atom. The van der Waals surface area contributed by atoms with Crippen LogP contribution in [0.1, 0.15) is 11.4 Å². The monoisotopic (exact) mass is 192 g/mol. The maximum atomic E-state index is 5.58. The summed E-state index contributed by atoms with van der Waals surface area (Å²) < 4.78 is 0. The van der Waals surface area contributed by atoms with Crippen molar-refractivity contribution >= 4 is 5.82 Å². The van der Waals surface area contributed by atoms with Crippen LogP contribution in [-0.4, -0.2) is 29.6 Å². The van der Waals surface area contributed by atoms with E-state index in [4.69, 9.17) is 5.73 Å². The van der Waals surface area contributed by atoms with Crippen LogP contribution in [0.3, 0.4) is 0 Å². The van der Waals surface area contributed by atoms with Gasteiger partial charge in [-0.2, -0.15) is 0 Å². The molecular weight excluding hydrogens is 176 g/mol. The molecule has 1 aliphatic rings. The summed E-state index contributed by atoms with van der Waals surface area (Å²) in [6.07, 6.45) is 1.80. The fourth-order valence-corrected chi connectivity index (χ4v) is 1.72. The van der Waals surface area contributed by atoms with Crippen LogP contribution in [-0.2, 0) is 0 Å². The minimum atomic E-state index is 0.636. The van der Waals surface area contributed by atoms with Gasteiger partial charge >= 0.3 is 0 Å². The normalized spacial score (nSPS) is 16.9. The van der Waals surface area contributed by atoms with E-state index in [9.17, 15) is 0 Å². The molecule has 4 heteroatoms. The Kier molecular flexibility index (Phi) is 2.37. The molecule has 0 bridgehead atoms. The van der Waals surface area contributed by atoms with Gasteiger partial charge in [0.25, 0.3) is 0 Å². The van der Waals surface area contributed by atoms with Crippen LogP contribution < -0.4 is 10.6 Å². The maximum Gasteiger partial charge on any atom is 0.150 e. The topological polar surface area (TPSA) is 55.0 Å². The molecule has 2 heterocycles. The lowest BCUT2D eigenvalue weighted by Crippen LogP contribution is -2.50. The van der Waals surface area contributed by atoms with Gasteiger partial charge in [-0.3, -0.25) is 4.98 Å². The molecule has 1 aromatic heterocycles. The Bertz CT molecular complexity index is 331. The first-order chi connectivity index (χ1) is 6.70. The number of aryl methyl sites for hydroxylation is 2. The van der Waals surface area contributed by atoms with E-state index in [1.165, 1.54) is 0 Å². The first-order valence-corrected chi connectivity index (χ1v) is 4.96.